The van der Waals surface area contributed by atoms with Gasteiger partial charge in [0.05, 0.1) is 40.5 Å². The van der Waals surface area contributed by atoms with Gasteiger partial charge >= 0.3 is 5.97 Å². The van der Waals surface area contributed by atoms with E-state index in [0.717, 1.165) is 81.4 Å². The van der Waals surface area contributed by atoms with Crippen LogP contribution >= 0.6 is 11.3 Å². The normalized spacial score (nSPS) is 18.2. The number of imide groups is 1. The van der Waals surface area contributed by atoms with Crippen LogP contribution < -0.4 is 25.6 Å². The standard InChI is InChI=1S/C58H63N9O7S/c1-34-29-39(73-28-10-11-36-24-26-66(35(2)30-36)33-51(69)59-38-16-18-43-47(31-38)65(6)64-52(43)44-21-23-50(68)62-55(44)71)17-19-40(34)41-20-22-49(61-53(41)56(72)74-58(3,4)5)67-27-25-37-12-9-13-42(45(37)32-67)54(70)63-57-60-46-14-7-8-15-48(46)75-57/h7-9,12-20,22,29,31,35-36,44H,10-11,21,23-28,30,32-33H2,1-6H3,(H,59,69)(H,60,63,70)(H,62,68,71)/t35-,36-,44?/m1/s1. The number of benzene rings is 4. The van der Waals surface area contributed by atoms with Crippen LogP contribution in [0.2, 0.25) is 0 Å². The molecule has 1 unspecified atom stereocenters. The van der Waals surface area contributed by atoms with E-state index in [1.165, 1.54) is 11.3 Å². The van der Waals surface area contributed by atoms with Gasteiger partial charge in [-0.3, -0.25) is 39.4 Å². The number of hydrogen-bond acceptors (Lipinski definition) is 13. The number of carbonyl (C=O) groups excluding carboxylic acids is 5. The third-order valence-electron chi connectivity index (χ3n) is 14.5. The minimum Gasteiger partial charge on any atom is -0.494 e. The molecule has 4 amide bonds. The van der Waals surface area contributed by atoms with E-state index in [0.29, 0.717) is 78.5 Å². The molecule has 0 bridgehead atoms. The molecule has 16 nitrogen and oxygen atoms in total. The Labute approximate surface area is 440 Å². The number of nitrogens with one attached hydrogen (secondary N) is 3. The quantitative estimate of drug-likeness (QED) is 0.0532. The monoisotopic (exact) mass is 1030 g/mol. The van der Waals surface area contributed by atoms with Crippen molar-refractivity contribution in [3.63, 3.8) is 0 Å². The van der Waals surface area contributed by atoms with E-state index in [1.54, 1.807) is 4.68 Å². The highest BCUT2D eigenvalue weighted by Crippen LogP contribution is 2.36. The van der Waals surface area contributed by atoms with Crippen LogP contribution in [0.3, 0.4) is 0 Å². The molecule has 7 aromatic rings. The predicted octanol–water partition coefficient (Wildman–Crippen LogP) is 9.74. The summed E-state index contributed by atoms with van der Waals surface area (Å²) in [5, 5.41) is 14.5. The molecule has 0 aliphatic carbocycles. The summed E-state index contributed by atoms with van der Waals surface area (Å²) < 4.78 is 15.0. The molecule has 2 saturated heterocycles. The van der Waals surface area contributed by atoms with Crippen molar-refractivity contribution < 1.29 is 33.4 Å². The van der Waals surface area contributed by atoms with E-state index in [2.05, 4.69) is 48.8 Å². The Hall–Kier alpha value is -7.50. The van der Waals surface area contributed by atoms with Crippen molar-refractivity contribution in [3.05, 3.63) is 125 Å². The smallest absolute Gasteiger partial charge is 0.358 e. The highest BCUT2D eigenvalue weighted by atomic mass is 32.1. The number of piperidine rings is 2. The number of fused-ring (bicyclic) bond motifs is 3. The summed E-state index contributed by atoms with van der Waals surface area (Å²) in [6.07, 6.45) is 5.31. The Morgan fingerprint density at radius 3 is 2.51 bits per heavy atom. The van der Waals surface area contributed by atoms with Crippen LogP contribution in [0.4, 0.5) is 16.6 Å². The van der Waals surface area contributed by atoms with E-state index in [-0.39, 0.29) is 41.8 Å². The highest BCUT2D eigenvalue weighted by molar-refractivity contribution is 7.22. The minimum absolute atomic E-state index is 0.0831. The molecule has 10 rings (SSSR count). The molecular weight excluding hydrogens is 967 g/mol. The minimum atomic E-state index is -0.742. The summed E-state index contributed by atoms with van der Waals surface area (Å²) >= 11 is 1.44. The number of ether oxygens (including phenoxy) is 2. The second-order valence-electron chi connectivity index (χ2n) is 21.1. The van der Waals surface area contributed by atoms with Gasteiger partial charge < -0.3 is 19.7 Å². The van der Waals surface area contributed by atoms with Gasteiger partial charge in [-0.1, -0.05) is 41.7 Å². The van der Waals surface area contributed by atoms with Crippen molar-refractivity contribution in [2.75, 3.05) is 41.8 Å². The lowest BCUT2D eigenvalue weighted by Gasteiger charge is -2.37. The Morgan fingerprint density at radius 1 is 0.893 bits per heavy atom. The van der Waals surface area contributed by atoms with Crippen molar-refractivity contribution in [2.45, 2.75) is 104 Å². The van der Waals surface area contributed by atoms with Crippen LogP contribution in [0.1, 0.15) is 115 Å². The fraction of sp³-hybridized carbons (Fsp3) is 0.379. The van der Waals surface area contributed by atoms with Gasteiger partial charge in [-0.05, 0) is 169 Å². The summed E-state index contributed by atoms with van der Waals surface area (Å²) in [6.45, 7) is 12.5. The lowest BCUT2D eigenvalue weighted by molar-refractivity contribution is -0.134. The maximum atomic E-state index is 14.0. The first-order chi connectivity index (χ1) is 36.0. The average Bonchev–Trinajstić information content (AvgIpc) is 3.96. The molecule has 388 valence electrons. The third kappa shape index (κ3) is 11.4. The molecule has 6 heterocycles. The lowest BCUT2D eigenvalue weighted by Crippen LogP contribution is -2.44. The summed E-state index contributed by atoms with van der Waals surface area (Å²) in [5.41, 5.74) is 7.47. The fourth-order valence-electron chi connectivity index (χ4n) is 10.8. The number of pyridine rings is 1. The molecule has 0 radical (unpaired) electrons. The number of para-hydroxylation sites is 1. The first kappa shape index (κ1) is 51.0. The van der Waals surface area contributed by atoms with Crippen LogP contribution in [0, 0.1) is 12.8 Å². The predicted molar refractivity (Wildman–Crippen MR) is 291 cm³/mol. The molecule has 3 aliphatic rings. The molecule has 3 N–H and O–H groups in total. The van der Waals surface area contributed by atoms with Gasteiger partial charge in [-0.25, -0.2) is 14.8 Å². The number of carbonyl (C=O) groups is 5. The van der Waals surface area contributed by atoms with Gasteiger partial charge in [-0.2, -0.15) is 5.10 Å². The van der Waals surface area contributed by atoms with Crippen molar-refractivity contribution in [1.82, 2.24) is 30.0 Å². The molecule has 2 fully saturated rings. The molecular formula is C58H63N9O7S. The van der Waals surface area contributed by atoms with Gasteiger partial charge in [0.2, 0.25) is 17.7 Å². The van der Waals surface area contributed by atoms with Crippen molar-refractivity contribution in [2.24, 2.45) is 13.0 Å². The highest BCUT2D eigenvalue weighted by Gasteiger charge is 2.33. The van der Waals surface area contributed by atoms with Crippen molar-refractivity contribution in [1.29, 1.82) is 0 Å². The van der Waals surface area contributed by atoms with E-state index < -0.39 is 17.5 Å². The number of rotatable bonds is 14. The second kappa shape index (κ2) is 21.4. The maximum Gasteiger partial charge on any atom is 0.358 e. The third-order valence-corrected chi connectivity index (χ3v) is 15.5. The maximum absolute atomic E-state index is 14.0. The molecule has 4 aromatic carbocycles. The first-order valence-corrected chi connectivity index (χ1v) is 26.7. The Bertz CT molecular complexity index is 3330. The van der Waals surface area contributed by atoms with E-state index in [4.69, 9.17) is 14.5 Å². The number of anilines is 3. The van der Waals surface area contributed by atoms with Crippen LogP contribution in [0.15, 0.2) is 91.0 Å². The molecule has 0 saturated carbocycles. The Morgan fingerprint density at radius 2 is 1.72 bits per heavy atom. The van der Waals surface area contributed by atoms with Gasteiger partial charge in [0.15, 0.2) is 10.8 Å². The molecule has 3 atom stereocenters. The summed E-state index contributed by atoms with van der Waals surface area (Å²) in [5.74, 6) is 0.000374. The molecule has 17 heteroatoms. The number of aromatic nitrogens is 4. The number of amides is 4. The van der Waals surface area contributed by atoms with Gasteiger partial charge in [0.25, 0.3) is 5.91 Å². The topological polar surface area (TPSA) is 190 Å². The van der Waals surface area contributed by atoms with E-state index >= 15 is 0 Å². The van der Waals surface area contributed by atoms with E-state index in [9.17, 15) is 24.0 Å². The number of thiazole rings is 1. The summed E-state index contributed by atoms with van der Waals surface area (Å²) in [6, 6.07) is 29.3. The first-order valence-electron chi connectivity index (χ1n) is 25.9. The SMILES string of the molecule is Cc1cc(OCCC[C@@H]2CCN(CC(=O)Nc3ccc4c(C5CCC(=O)NC5=O)nn(C)c4c3)[C@H](C)C2)ccc1-c1ccc(N2CCc3cccc(C(=O)Nc4nc5ccccc5s4)c3C2)nc1C(=O)OC(C)(C)C. The van der Waals surface area contributed by atoms with Crippen LogP contribution in [-0.4, -0.2) is 92.1 Å². The summed E-state index contributed by atoms with van der Waals surface area (Å²) in [4.78, 5) is 79.3. The van der Waals surface area contributed by atoms with Crippen molar-refractivity contribution in [3.8, 4) is 16.9 Å². The largest absolute Gasteiger partial charge is 0.494 e. The Kier molecular flexibility index (Phi) is 14.5. The molecule has 3 aromatic heterocycles. The molecule has 3 aliphatic heterocycles. The Balaban J connectivity index is 0.731. The zero-order chi connectivity index (χ0) is 52.5. The average molecular weight is 1030 g/mol. The number of esters is 1. The molecule has 75 heavy (non-hydrogen) atoms. The number of nitrogens with zero attached hydrogens (tertiary/aromatic N) is 6. The van der Waals surface area contributed by atoms with E-state index in [1.807, 2.05) is 120 Å². The number of aryl methyl sites for hydroxylation is 2. The fourth-order valence-corrected chi connectivity index (χ4v) is 11.6. The lowest BCUT2D eigenvalue weighted by atomic mass is 9.88. The van der Waals surface area contributed by atoms with Crippen molar-refractivity contribution >= 4 is 78.7 Å². The van der Waals surface area contributed by atoms with Gasteiger partial charge in [-0.15, -0.1) is 0 Å². The van der Waals surface area contributed by atoms with Crippen LogP contribution in [0.5, 0.6) is 5.75 Å². The van der Waals surface area contributed by atoms with Crippen LogP contribution in [0.25, 0.3) is 32.2 Å². The molecule has 0 spiro atoms. The zero-order valence-corrected chi connectivity index (χ0v) is 44.1. The zero-order valence-electron chi connectivity index (χ0n) is 43.3. The number of likely N-dealkylation sites (tertiary alicyclic amines) is 1. The second-order valence-corrected chi connectivity index (χ2v) is 22.1. The van der Waals surface area contributed by atoms with Gasteiger partial charge in [0, 0.05) is 54.8 Å². The number of hydrogen-bond donors (Lipinski definition) is 3. The van der Waals surface area contributed by atoms with Gasteiger partial charge in [0.1, 0.15) is 17.2 Å². The van der Waals surface area contributed by atoms with Crippen LogP contribution in [-0.2, 0) is 39.1 Å². The summed E-state index contributed by atoms with van der Waals surface area (Å²) in [7, 11) is 1.81.